The number of piperidine rings is 1. The summed E-state index contributed by atoms with van der Waals surface area (Å²) >= 11 is 0. The van der Waals surface area contributed by atoms with Crippen LogP contribution in [-0.4, -0.2) is 30.1 Å². The Balaban J connectivity index is 1.94. The third-order valence-electron chi connectivity index (χ3n) is 4.05. The smallest absolute Gasteiger partial charge is 0.227 e. The average molecular weight is 246 g/mol. The Morgan fingerprint density at radius 3 is 2.50 bits per heavy atom. The minimum atomic E-state index is 0.944. The largest absolute Gasteiger partial charge is 0.373 e. The van der Waals surface area contributed by atoms with Gasteiger partial charge in [0.25, 0.3) is 0 Å². The highest BCUT2D eigenvalue weighted by molar-refractivity contribution is 5.52. The molecule has 0 bridgehead atoms. The van der Waals surface area contributed by atoms with Gasteiger partial charge in [-0.05, 0) is 44.9 Å². The zero-order valence-corrected chi connectivity index (χ0v) is 11.2. The van der Waals surface area contributed by atoms with Crippen molar-refractivity contribution < 1.29 is 0 Å². The van der Waals surface area contributed by atoms with E-state index in [-0.39, 0.29) is 0 Å². The highest BCUT2D eigenvalue weighted by atomic mass is 15.3. The van der Waals surface area contributed by atoms with E-state index < -0.39 is 0 Å². The van der Waals surface area contributed by atoms with Crippen molar-refractivity contribution in [3.63, 3.8) is 0 Å². The van der Waals surface area contributed by atoms with Crippen LogP contribution in [-0.2, 0) is 12.8 Å². The van der Waals surface area contributed by atoms with Gasteiger partial charge in [0.2, 0.25) is 5.95 Å². The highest BCUT2D eigenvalue weighted by Crippen LogP contribution is 2.28. The fourth-order valence-corrected chi connectivity index (χ4v) is 3.02. The Morgan fingerprint density at radius 1 is 0.944 bits per heavy atom. The highest BCUT2D eigenvalue weighted by Gasteiger charge is 2.20. The van der Waals surface area contributed by atoms with Gasteiger partial charge in [-0.1, -0.05) is 0 Å². The van der Waals surface area contributed by atoms with E-state index in [1.54, 1.807) is 0 Å². The van der Waals surface area contributed by atoms with Crippen molar-refractivity contribution in [2.75, 3.05) is 30.4 Å². The number of anilines is 2. The van der Waals surface area contributed by atoms with Crippen LogP contribution < -0.4 is 10.2 Å². The molecule has 1 aromatic rings. The van der Waals surface area contributed by atoms with Crippen LogP contribution in [0.25, 0.3) is 0 Å². The molecule has 4 nitrogen and oxygen atoms in total. The first-order valence-electron chi connectivity index (χ1n) is 7.21. The van der Waals surface area contributed by atoms with Gasteiger partial charge in [-0.3, -0.25) is 0 Å². The predicted octanol–water partition coefficient (Wildman–Crippen LogP) is 2.39. The maximum absolute atomic E-state index is 4.82. The molecule has 0 unspecified atom stereocenters. The Hall–Kier alpha value is -1.32. The minimum Gasteiger partial charge on any atom is -0.373 e. The quantitative estimate of drug-likeness (QED) is 0.870. The van der Waals surface area contributed by atoms with E-state index in [1.807, 2.05) is 7.05 Å². The van der Waals surface area contributed by atoms with Crippen molar-refractivity contribution in [1.29, 1.82) is 0 Å². The number of aromatic nitrogens is 2. The van der Waals surface area contributed by atoms with E-state index in [1.165, 1.54) is 43.4 Å². The summed E-state index contributed by atoms with van der Waals surface area (Å²) in [4.78, 5) is 11.9. The van der Waals surface area contributed by atoms with Crippen LogP contribution in [0, 0.1) is 0 Å². The molecular weight excluding hydrogens is 224 g/mol. The van der Waals surface area contributed by atoms with Crippen molar-refractivity contribution in [1.82, 2.24) is 9.97 Å². The molecule has 1 N–H and O–H groups in total. The van der Waals surface area contributed by atoms with Crippen LogP contribution in [0.5, 0.6) is 0 Å². The first-order chi connectivity index (χ1) is 8.88. The molecule has 0 radical (unpaired) electrons. The van der Waals surface area contributed by atoms with Gasteiger partial charge in [0, 0.05) is 25.7 Å². The molecule has 0 atom stereocenters. The third kappa shape index (κ3) is 2.16. The van der Waals surface area contributed by atoms with Gasteiger partial charge in [-0.15, -0.1) is 0 Å². The molecule has 1 aliphatic heterocycles. The molecule has 18 heavy (non-hydrogen) atoms. The normalized spacial score (nSPS) is 19.5. The molecule has 3 rings (SSSR count). The van der Waals surface area contributed by atoms with E-state index in [2.05, 4.69) is 10.2 Å². The number of hydrogen-bond donors (Lipinski definition) is 1. The molecule has 0 aromatic carbocycles. The molecule has 1 aromatic heterocycles. The van der Waals surface area contributed by atoms with Gasteiger partial charge >= 0.3 is 0 Å². The molecule has 1 fully saturated rings. The van der Waals surface area contributed by atoms with Gasteiger partial charge in [0.05, 0.1) is 5.69 Å². The summed E-state index contributed by atoms with van der Waals surface area (Å²) < 4.78 is 0. The lowest BCUT2D eigenvalue weighted by Gasteiger charge is -2.28. The van der Waals surface area contributed by atoms with Crippen molar-refractivity contribution in [3.8, 4) is 0 Å². The van der Waals surface area contributed by atoms with Crippen LogP contribution in [0.15, 0.2) is 0 Å². The Kier molecular flexibility index (Phi) is 3.35. The van der Waals surface area contributed by atoms with Crippen molar-refractivity contribution in [2.45, 2.75) is 44.9 Å². The second-order valence-corrected chi connectivity index (χ2v) is 5.30. The lowest BCUT2D eigenvalue weighted by Crippen LogP contribution is -2.31. The summed E-state index contributed by atoms with van der Waals surface area (Å²) in [5.74, 6) is 2.00. The fraction of sp³-hybridized carbons (Fsp3) is 0.714. The summed E-state index contributed by atoms with van der Waals surface area (Å²) in [7, 11) is 1.97. The molecule has 1 saturated heterocycles. The molecule has 1 aliphatic carbocycles. The molecule has 2 aliphatic rings. The topological polar surface area (TPSA) is 41.1 Å². The van der Waals surface area contributed by atoms with Gasteiger partial charge < -0.3 is 10.2 Å². The zero-order chi connectivity index (χ0) is 12.4. The summed E-state index contributed by atoms with van der Waals surface area (Å²) in [6.07, 6.45) is 8.69. The van der Waals surface area contributed by atoms with E-state index in [9.17, 15) is 0 Å². The van der Waals surface area contributed by atoms with Gasteiger partial charge in [0.1, 0.15) is 5.82 Å². The number of aryl methyl sites for hydroxylation is 1. The molecule has 4 heteroatoms. The first-order valence-corrected chi connectivity index (χ1v) is 7.21. The van der Waals surface area contributed by atoms with Crippen molar-refractivity contribution >= 4 is 11.8 Å². The van der Waals surface area contributed by atoms with Crippen LogP contribution in [0.4, 0.5) is 11.8 Å². The summed E-state index contributed by atoms with van der Waals surface area (Å²) in [5, 5.41) is 3.26. The van der Waals surface area contributed by atoms with E-state index in [0.717, 1.165) is 37.7 Å². The minimum absolute atomic E-state index is 0.944. The summed E-state index contributed by atoms with van der Waals surface area (Å²) in [6, 6.07) is 0. The molecular formula is C14H22N4. The van der Waals surface area contributed by atoms with Crippen LogP contribution in [0.3, 0.4) is 0 Å². The number of fused-ring (bicyclic) bond motifs is 1. The van der Waals surface area contributed by atoms with Crippen LogP contribution in [0.2, 0.25) is 0 Å². The molecule has 98 valence electrons. The molecule has 2 heterocycles. The van der Waals surface area contributed by atoms with Gasteiger partial charge in [0.15, 0.2) is 0 Å². The SMILES string of the molecule is CNc1nc(N2CCCCC2)nc2c1CCCC2. The van der Waals surface area contributed by atoms with Crippen molar-refractivity contribution in [3.05, 3.63) is 11.3 Å². The van der Waals surface area contributed by atoms with Crippen LogP contribution in [0.1, 0.15) is 43.4 Å². The first kappa shape index (κ1) is 11.8. The van der Waals surface area contributed by atoms with E-state index >= 15 is 0 Å². The standard InChI is InChI=1S/C14H22N4/c1-15-13-11-7-3-4-8-12(11)16-14(17-13)18-9-5-2-6-10-18/h2-10H2,1H3,(H,15,16,17). The molecule has 0 spiro atoms. The third-order valence-corrected chi connectivity index (χ3v) is 4.05. The van der Waals surface area contributed by atoms with Gasteiger partial charge in [-0.25, -0.2) is 4.98 Å². The lowest BCUT2D eigenvalue weighted by molar-refractivity contribution is 0.564. The average Bonchev–Trinajstić information content (AvgIpc) is 2.47. The zero-order valence-electron chi connectivity index (χ0n) is 11.2. The summed E-state index contributed by atoms with van der Waals surface area (Å²) in [6.45, 7) is 2.23. The Bertz CT molecular complexity index is 407. The van der Waals surface area contributed by atoms with E-state index in [0.29, 0.717) is 0 Å². The monoisotopic (exact) mass is 246 g/mol. The fourth-order valence-electron chi connectivity index (χ4n) is 3.02. The number of nitrogens with zero attached hydrogens (tertiary/aromatic N) is 3. The maximum atomic E-state index is 4.82. The van der Waals surface area contributed by atoms with Gasteiger partial charge in [-0.2, -0.15) is 4.98 Å². The Morgan fingerprint density at radius 2 is 1.72 bits per heavy atom. The number of rotatable bonds is 2. The molecule has 0 amide bonds. The number of hydrogen-bond acceptors (Lipinski definition) is 4. The number of nitrogens with one attached hydrogen (secondary N) is 1. The van der Waals surface area contributed by atoms with Crippen LogP contribution >= 0.6 is 0 Å². The second kappa shape index (κ2) is 5.12. The van der Waals surface area contributed by atoms with Crippen molar-refractivity contribution in [2.24, 2.45) is 0 Å². The maximum Gasteiger partial charge on any atom is 0.227 e. The molecule has 0 saturated carbocycles. The second-order valence-electron chi connectivity index (χ2n) is 5.30. The Labute approximate surface area is 109 Å². The lowest BCUT2D eigenvalue weighted by atomic mass is 9.96. The van der Waals surface area contributed by atoms with E-state index in [4.69, 9.17) is 9.97 Å². The predicted molar refractivity (Wildman–Crippen MR) is 74.3 cm³/mol. The summed E-state index contributed by atoms with van der Waals surface area (Å²) in [5.41, 5.74) is 2.63.